The van der Waals surface area contributed by atoms with Crippen LogP contribution in [0.3, 0.4) is 0 Å². The lowest BCUT2D eigenvalue weighted by molar-refractivity contribution is 0.410. The number of benzene rings is 1. The summed E-state index contributed by atoms with van der Waals surface area (Å²) in [6.07, 6.45) is 0.682. The van der Waals surface area contributed by atoms with Crippen molar-refractivity contribution < 1.29 is 13.2 Å². The molecule has 17 heavy (non-hydrogen) atoms. The van der Waals surface area contributed by atoms with Crippen LogP contribution >= 0.6 is 0 Å². The average molecular weight is 258 g/mol. The van der Waals surface area contributed by atoms with Gasteiger partial charge in [-0.05, 0) is 25.0 Å². The van der Waals surface area contributed by atoms with Crippen LogP contribution in [0.2, 0.25) is 0 Å². The average Bonchev–Trinajstić information content (AvgIpc) is 2.14. The number of ether oxygens (including phenoxy) is 1. The van der Waals surface area contributed by atoms with Crippen LogP contribution in [0, 0.1) is 0 Å². The SMILES string of the molecule is COc1ccc(CC(C)N)cc1CS(N)(=O)=O. The second-order valence-electron chi connectivity index (χ2n) is 4.13. The third kappa shape index (κ3) is 4.72. The van der Waals surface area contributed by atoms with Crippen molar-refractivity contribution in [3.8, 4) is 5.75 Å². The maximum atomic E-state index is 11.1. The summed E-state index contributed by atoms with van der Waals surface area (Å²) in [6, 6.07) is 5.39. The summed E-state index contributed by atoms with van der Waals surface area (Å²) >= 11 is 0. The van der Waals surface area contributed by atoms with Crippen molar-refractivity contribution in [2.45, 2.75) is 25.1 Å². The van der Waals surface area contributed by atoms with Gasteiger partial charge >= 0.3 is 0 Å². The molecule has 5 nitrogen and oxygen atoms in total. The number of nitrogens with two attached hydrogens (primary N) is 2. The van der Waals surface area contributed by atoms with E-state index in [1.165, 1.54) is 7.11 Å². The lowest BCUT2D eigenvalue weighted by atomic mass is 10.0. The van der Waals surface area contributed by atoms with E-state index in [9.17, 15) is 8.42 Å². The molecule has 4 N–H and O–H groups in total. The summed E-state index contributed by atoms with van der Waals surface area (Å²) in [6.45, 7) is 1.89. The minimum absolute atomic E-state index is 0.0192. The molecule has 1 aromatic rings. The van der Waals surface area contributed by atoms with E-state index in [-0.39, 0.29) is 11.8 Å². The molecule has 0 aliphatic heterocycles. The Balaban J connectivity index is 3.06. The molecule has 0 aromatic heterocycles. The van der Waals surface area contributed by atoms with Gasteiger partial charge in [-0.25, -0.2) is 13.6 Å². The highest BCUT2D eigenvalue weighted by atomic mass is 32.2. The van der Waals surface area contributed by atoms with Crippen molar-refractivity contribution in [2.24, 2.45) is 10.9 Å². The van der Waals surface area contributed by atoms with Crippen molar-refractivity contribution in [3.63, 3.8) is 0 Å². The van der Waals surface area contributed by atoms with Crippen LogP contribution in [0.25, 0.3) is 0 Å². The van der Waals surface area contributed by atoms with E-state index in [0.29, 0.717) is 17.7 Å². The second-order valence-corrected chi connectivity index (χ2v) is 5.75. The summed E-state index contributed by atoms with van der Waals surface area (Å²) in [5.41, 5.74) is 7.23. The second kappa shape index (κ2) is 5.48. The van der Waals surface area contributed by atoms with Crippen LogP contribution in [-0.4, -0.2) is 21.6 Å². The number of primary sulfonamides is 1. The van der Waals surface area contributed by atoms with Gasteiger partial charge in [-0.15, -0.1) is 0 Å². The topological polar surface area (TPSA) is 95.4 Å². The summed E-state index contributed by atoms with van der Waals surface area (Å²) in [5.74, 6) is 0.288. The van der Waals surface area contributed by atoms with Crippen molar-refractivity contribution in [1.29, 1.82) is 0 Å². The van der Waals surface area contributed by atoms with E-state index >= 15 is 0 Å². The Bertz CT molecular complexity index is 483. The van der Waals surface area contributed by atoms with Crippen LogP contribution in [-0.2, 0) is 22.2 Å². The molecular weight excluding hydrogens is 240 g/mol. The number of hydrogen-bond donors (Lipinski definition) is 2. The van der Waals surface area contributed by atoms with Gasteiger partial charge in [-0.3, -0.25) is 0 Å². The molecule has 1 aromatic carbocycles. The Morgan fingerprint density at radius 2 is 2.06 bits per heavy atom. The number of methoxy groups -OCH3 is 1. The monoisotopic (exact) mass is 258 g/mol. The first-order chi connectivity index (χ1) is 7.81. The predicted molar refractivity (Wildman–Crippen MR) is 67.2 cm³/mol. The van der Waals surface area contributed by atoms with Crippen molar-refractivity contribution in [1.82, 2.24) is 0 Å². The van der Waals surface area contributed by atoms with Gasteiger partial charge in [-0.1, -0.05) is 12.1 Å². The van der Waals surface area contributed by atoms with Crippen LogP contribution in [0.5, 0.6) is 5.75 Å². The van der Waals surface area contributed by atoms with Gasteiger partial charge in [-0.2, -0.15) is 0 Å². The van der Waals surface area contributed by atoms with Gasteiger partial charge < -0.3 is 10.5 Å². The molecule has 0 radical (unpaired) electrons. The van der Waals surface area contributed by atoms with Gasteiger partial charge in [0.2, 0.25) is 10.0 Å². The first kappa shape index (κ1) is 14.0. The molecule has 0 aliphatic rings. The van der Waals surface area contributed by atoms with Crippen molar-refractivity contribution in [3.05, 3.63) is 29.3 Å². The molecule has 0 aliphatic carbocycles. The lowest BCUT2D eigenvalue weighted by Crippen LogP contribution is -2.18. The molecule has 96 valence electrons. The normalized spacial score (nSPS) is 13.4. The zero-order valence-electron chi connectivity index (χ0n) is 10.0. The first-order valence-electron chi connectivity index (χ1n) is 5.23. The maximum absolute atomic E-state index is 11.1. The highest BCUT2D eigenvalue weighted by Gasteiger charge is 2.11. The summed E-state index contributed by atoms with van der Waals surface area (Å²) in [5, 5.41) is 5.03. The molecule has 0 fully saturated rings. The van der Waals surface area contributed by atoms with Crippen molar-refractivity contribution >= 4 is 10.0 Å². The van der Waals surface area contributed by atoms with E-state index < -0.39 is 10.0 Å². The molecule has 6 heteroatoms. The Kier molecular flexibility index (Phi) is 4.50. The molecule has 0 amide bonds. The Hall–Kier alpha value is -1.11. The molecular formula is C11H18N2O3S. The molecule has 1 rings (SSSR count). The van der Waals surface area contributed by atoms with E-state index in [4.69, 9.17) is 15.6 Å². The molecule has 1 unspecified atom stereocenters. The first-order valence-corrected chi connectivity index (χ1v) is 6.95. The predicted octanol–water partition coefficient (Wildman–Crippen LogP) is 0.373. The standard InChI is InChI=1S/C11H18N2O3S/c1-8(12)5-9-3-4-11(16-2)10(6-9)7-17(13,14)15/h3-4,6,8H,5,7,12H2,1-2H3,(H2,13,14,15). The fourth-order valence-corrected chi connectivity index (χ4v) is 2.32. The Morgan fingerprint density at radius 3 is 2.53 bits per heavy atom. The zero-order valence-corrected chi connectivity index (χ0v) is 10.8. The lowest BCUT2D eigenvalue weighted by Gasteiger charge is -2.11. The van der Waals surface area contributed by atoms with E-state index in [2.05, 4.69) is 0 Å². The quantitative estimate of drug-likeness (QED) is 0.797. The fraction of sp³-hybridized carbons (Fsp3) is 0.455. The molecule has 1 atom stereocenters. The largest absolute Gasteiger partial charge is 0.496 e. The fourth-order valence-electron chi connectivity index (χ4n) is 1.66. The number of rotatable bonds is 5. The smallest absolute Gasteiger partial charge is 0.213 e. The Labute approximate surface area is 102 Å². The highest BCUT2D eigenvalue weighted by molar-refractivity contribution is 7.88. The van der Waals surface area contributed by atoms with Gasteiger partial charge in [0.1, 0.15) is 5.75 Å². The van der Waals surface area contributed by atoms with Crippen LogP contribution in [0.15, 0.2) is 18.2 Å². The third-order valence-corrected chi connectivity index (χ3v) is 2.97. The van der Waals surface area contributed by atoms with Gasteiger partial charge in [0.15, 0.2) is 0 Å². The van der Waals surface area contributed by atoms with Gasteiger partial charge in [0, 0.05) is 11.6 Å². The van der Waals surface area contributed by atoms with Crippen LogP contribution in [0.1, 0.15) is 18.1 Å². The van der Waals surface area contributed by atoms with Crippen molar-refractivity contribution in [2.75, 3.05) is 7.11 Å². The van der Waals surface area contributed by atoms with E-state index in [1.54, 1.807) is 12.1 Å². The van der Waals surface area contributed by atoms with Crippen LogP contribution in [0.4, 0.5) is 0 Å². The zero-order chi connectivity index (χ0) is 13.1. The molecule has 0 saturated carbocycles. The maximum Gasteiger partial charge on any atom is 0.213 e. The number of hydrogen-bond acceptors (Lipinski definition) is 4. The molecule has 0 heterocycles. The summed E-state index contributed by atoms with van der Waals surface area (Å²) in [7, 11) is -2.07. The minimum Gasteiger partial charge on any atom is -0.496 e. The minimum atomic E-state index is -3.57. The van der Waals surface area contributed by atoms with Gasteiger partial charge in [0.05, 0.1) is 12.9 Å². The number of sulfonamides is 1. The highest BCUT2D eigenvalue weighted by Crippen LogP contribution is 2.22. The summed E-state index contributed by atoms with van der Waals surface area (Å²) in [4.78, 5) is 0. The molecule has 0 bridgehead atoms. The van der Waals surface area contributed by atoms with E-state index in [1.807, 2.05) is 13.0 Å². The van der Waals surface area contributed by atoms with Gasteiger partial charge in [0.25, 0.3) is 0 Å². The van der Waals surface area contributed by atoms with Crippen LogP contribution < -0.4 is 15.6 Å². The summed E-state index contributed by atoms with van der Waals surface area (Å²) < 4.78 is 27.3. The molecule has 0 saturated heterocycles. The van der Waals surface area contributed by atoms with E-state index in [0.717, 1.165) is 5.56 Å². The molecule has 0 spiro atoms. The Morgan fingerprint density at radius 1 is 1.41 bits per heavy atom. The third-order valence-electron chi connectivity index (χ3n) is 2.26.